The zero-order valence-electron chi connectivity index (χ0n) is 11.1. The molecule has 2 atom stereocenters. The van der Waals surface area contributed by atoms with Gasteiger partial charge in [-0.15, -0.1) is 0 Å². The summed E-state index contributed by atoms with van der Waals surface area (Å²) in [5.41, 5.74) is 2.74. The highest BCUT2D eigenvalue weighted by Gasteiger charge is 2.29. The van der Waals surface area contributed by atoms with Crippen molar-refractivity contribution in [1.82, 2.24) is 5.32 Å². The van der Waals surface area contributed by atoms with Gasteiger partial charge in [-0.3, -0.25) is 0 Å². The molecule has 18 heavy (non-hydrogen) atoms. The van der Waals surface area contributed by atoms with E-state index in [0.29, 0.717) is 12.1 Å². The molecule has 3 rings (SSSR count). The van der Waals surface area contributed by atoms with Crippen LogP contribution in [0.4, 0.5) is 0 Å². The van der Waals surface area contributed by atoms with Crippen LogP contribution < -0.4 is 10.1 Å². The van der Waals surface area contributed by atoms with Crippen LogP contribution in [0, 0.1) is 0 Å². The molecule has 2 aliphatic rings. The molecule has 0 aromatic heterocycles. The Morgan fingerprint density at radius 1 is 1.22 bits per heavy atom. The third-order valence-electron chi connectivity index (χ3n) is 3.74. The van der Waals surface area contributed by atoms with E-state index in [1.807, 2.05) is 0 Å². The van der Waals surface area contributed by atoms with Crippen molar-refractivity contribution in [1.29, 1.82) is 0 Å². The second kappa shape index (κ2) is 4.77. The van der Waals surface area contributed by atoms with Gasteiger partial charge in [0, 0.05) is 17.6 Å². The topological polar surface area (TPSA) is 21.3 Å². The maximum Gasteiger partial charge on any atom is 0.127 e. The molecule has 2 heterocycles. The Bertz CT molecular complexity index is 464. The van der Waals surface area contributed by atoms with Crippen molar-refractivity contribution in [2.45, 2.75) is 51.3 Å². The van der Waals surface area contributed by atoms with Gasteiger partial charge in [0.05, 0.1) is 6.10 Å². The molecule has 2 heteroatoms. The fourth-order valence-electron chi connectivity index (χ4n) is 3.01. The van der Waals surface area contributed by atoms with Crippen LogP contribution in [0.3, 0.4) is 0 Å². The number of para-hydroxylation sites is 1. The van der Waals surface area contributed by atoms with Crippen LogP contribution in [0.2, 0.25) is 0 Å². The lowest BCUT2D eigenvalue weighted by Gasteiger charge is -2.23. The van der Waals surface area contributed by atoms with Gasteiger partial charge in [-0.05, 0) is 44.7 Å². The number of hydrogen-bond acceptors (Lipinski definition) is 2. The standard InChI is InChI=1S/C16H21NO/c1-11(2)18-16-6-4-3-5-15(16)12-9-13-7-8-14(10-12)17-13/h3-6,9,11,13-14,17H,7-8,10H2,1-2H3. The summed E-state index contributed by atoms with van der Waals surface area (Å²) in [6, 6.07) is 9.67. The fourth-order valence-corrected chi connectivity index (χ4v) is 3.01. The Morgan fingerprint density at radius 3 is 2.83 bits per heavy atom. The number of rotatable bonds is 3. The summed E-state index contributed by atoms with van der Waals surface area (Å²) in [5, 5.41) is 3.63. The van der Waals surface area contributed by atoms with Crippen molar-refractivity contribution in [2.75, 3.05) is 0 Å². The molecule has 96 valence electrons. The number of fused-ring (bicyclic) bond motifs is 2. The highest BCUT2D eigenvalue weighted by molar-refractivity contribution is 5.72. The van der Waals surface area contributed by atoms with E-state index in [2.05, 4.69) is 49.5 Å². The molecule has 2 bridgehead atoms. The van der Waals surface area contributed by atoms with E-state index in [1.165, 1.54) is 24.0 Å². The largest absolute Gasteiger partial charge is 0.490 e. The van der Waals surface area contributed by atoms with Crippen molar-refractivity contribution in [2.24, 2.45) is 0 Å². The molecule has 1 aromatic carbocycles. The van der Waals surface area contributed by atoms with Gasteiger partial charge in [0.25, 0.3) is 0 Å². The van der Waals surface area contributed by atoms with E-state index >= 15 is 0 Å². The molecule has 1 saturated heterocycles. The Balaban J connectivity index is 1.92. The molecular weight excluding hydrogens is 222 g/mol. The first-order chi connectivity index (χ1) is 8.72. The highest BCUT2D eigenvalue weighted by atomic mass is 16.5. The monoisotopic (exact) mass is 243 g/mol. The van der Waals surface area contributed by atoms with Crippen LogP contribution in [0.1, 0.15) is 38.7 Å². The Kier molecular flexibility index (Phi) is 3.13. The van der Waals surface area contributed by atoms with Gasteiger partial charge in [0.15, 0.2) is 0 Å². The van der Waals surface area contributed by atoms with Crippen LogP contribution in [0.15, 0.2) is 30.3 Å². The smallest absolute Gasteiger partial charge is 0.127 e. The van der Waals surface area contributed by atoms with Gasteiger partial charge >= 0.3 is 0 Å². The first-order valence-electron chi connectivity index (χ1n) is 6.95. The molecule has 0 amide bonds. The maximum absolute atomic E-state index is 5.93. The Hall–Kier alpha value is -1.28. The Morgan fingerprint density at radius 2 is 2.06 bits per heavy atom. The third-order valence-corrected chi connectivity index (χ3v) is 3.74. The molecule has 2 nitrogen and oxygen atoms in total. The highest BCUT2D eigenvalue weighted by Crippen LogP contribution is 2.36. The average molecular weight is 243 g/mol. The van der Waals surface area contributed by atoms with Crippen LogP contribution in [-0.2, 0) is 0 Å². The zero-order valence-corrected chi connectivity index (χ0v) is 11.1. The summed E-state index contributed by atoms with van der Waals surface area (Å²) < 4.78 is 5.93. The van der Waals surface area contributed by atoms with Crippen molar-refractivity contribution in [3.63, 3.8) is 0 Å². The lowest BCUT2D eigenvalue weighted by Crippen LogP contribution is -2.32. The molecular formula is C16H21NO. The predicted molar refractivity (Wildman–Crippen MR) is 74.7 cm³/mol. The number of benzene rings is 1. The van der Waals surface area contributed by atoms with Crippen LogP contribution in [0.25, 0.3) is 5.57 Å². The Labute approximate surface area is 109 Å². The minimum Gasteiger partial charge on any atom is -0.490 e. The average Bonchev–Trinajstić information content (AvgIpc) is 2.68. The van der Waals surface area contributed by atoms with Crippen molar-refractivity contribution < 1.29 is 4.74 Å². The molecule has 0 radical (unpaired) electrons. The number of nitrogens with one attached hydrogen (secondary N) is 1. The molecule has 2 aliphatic heterocycles. The van der Waals surface area contributed by atoms with Crippen LogP contribution >= 0.6 is 0 Å². The molecule has 0 saturated carbocycles. The van der Waals surface area contributed by atoms with Crippen LogP contribution in [-0.4, -0.2) is 18.2 Å². The van der Waals surface area contributed by atoms with Gasteiger partial charge in [-0.2, -0.15) is 0 Å². The fraction of sp³-hybridized carbons (Fsp3) is 0.500. The molecule has 0 aliphatic carbocycles. The first-order valence-corrected chi connectivity index (χ1v) is 6.95. The van der Waals surface area contributed by atoms with E-state index in [1.54, 1.807) is 0 Å². The van der Waals surface area contributed by atoms with E-state index in [0.717, 1.165) is 12.2 Å². The molecule has 0 spiro atoms. The van der Waals surface area contributed by atoms with E-state index < -0.39 is 0 Å². The molecule has 1 aromatic rings. The van der Waals surface area contributed by atoms with Gasteiger partial charge < -0.3 is 10.1 Å². The lowest BCUT2D eigenvalue weighted by atomic mass is 9.95. The summed E-state index contributed by atoms with van der Waals surface area (Å²) in [6.07, 6.45) is 6.34. The predicted octanol–water partition coefficient (Wildman–Crippen LogP) is 3.38. The minimum absolute atomic E-state index is 0.227. The number of ether oxygens (including phenoxy) is 1. The van der Waals surface area contributed by atoms with Crippen molar-refractivity contribution in [3.8, 4) is 5.75 Å². The van der Waals surface area contributed by atoms with Gasteiger partial charge in [0.1, 0.15) is 5.75 Å². The van der Waals surface area contributed by atoms with E-state index in [-0.39, 0.29) is 6.10 Å². The summed E-state index contributed by atoms with van der Waals surface area (Å²) >= 11 is 0. The first kappa shape index (κ1) is 11.8. The molecule has 1 N–H and O–H groups in total. The van der Waals surface area contributed by atoms with Gasteiger partial charge in [-0.1, -0.05) is 24.3 Å². The maximum atomic E-state index is 5.93. The normalized spacial score (nSPS) is 26.3. The lowest BCUT2D eigenvalue weighted by molar-refractivity contribution is 0.241. The van der Waals surface area contributed by atoms with Crippen molar-refractivity contribution in [3.05, 3.63) is 35.9 Å². The number of hydrogen-bond donors (Lipinski definition) is 1. The van der Waals surface area contributed by atoms with Gasteiger partial charge in [-0.25, -0.2) is 0 Å². The minimum atomic E-state index is 0.227. The summed E-state index contributed by atoms with van der Waals surface area (Å²) in [6.45, 7) is 4.16. The summed E-state index contributed by atoms with van der Waals surface area (Å²) in [7, 11) is 0. The van der Waals surface area contributed by atoms with E-state index in [9.17, 15) is 0 Å². The second-order valence-corrected chi connectivity index (χ2v) is 5.61. The van der Waals surface area contributed by atoms with Crippen molar-refractivity contribution >= 4 is 5.57 Å². The second-order valence-electron chi connectivity index (χ2n) is 5.61. The quantitative estimate of drug-likeness (QED) is 0.878. The molecule has 1 fully saturated rings. The molecule has 2 unspecified atom stereocenters. The van der Waals surface area contributed by atoms with Crippen LogP contribution in [0.5, 0.6) is 5.75 Å². The van der Waals surface area contributed by atoms with Gasteiger partial charge in [0.2, 0.25) is 0 Å². The van der Waals surface area contributed by atoms with E-state index in [4.69, 9.17) is 4.74 Å². The zero-order chi connectivity index (χ0) is 12.5. The summed E-state index contributed by atoms with van der Waals surface area (Å²) in [4.78, 5) is 0. The SMILES string of the molecule is CC(C)Oc1ccccc1C1=CC2CCC(C1)N2. The summed E-state index contributed by atoms with van der Waals surface area (Å²) in [5.74, 6) is 1.03. The third kappa shape index (κ3) is 2.30.